The Morgan fingerprint density at radius 1 is 1.32 bits per heavy atom. The van der Waals surface area contributed by atoms with E-state index in [1.807, 2.05) is 24.3 Å². The molecule has 5 nitrogen and oxygen atoms in total. The third-order valence-electron chi connectivity index (χ3n) is 3.49. The van der Waals surface area contributed by atoms with Gasteiger partial charge in [0.1, 0.15) is 11.3 Å². The summed E-state index contributed by atoms with van der Waals surface area (Å²) in [5, 5.41) is 6.58. The molecule has 0 spiro atoms. The van der Waals surface area contributed by atoms with Crippen molar-refractivity contribution >= 4 is 11.7 Å². The molecule has 2 rings (SSSR count). The second-order valence-corrected chi connectivity index (χ2v) is 4.68. The van der Waals surface area contributed by atoms with Crippen LogP contribution in [0.5, 0.6) is 5.75 Å². The first-order chi connectivity index (χ1) is 9.20. The summed E-state index contributed by atoms with van der Waals surface area (Å²) < 4.78 is 10.2. The zero-order valence-corrected chi connectivity index (χ0v) is 11.4. The quantitative estimate of drug-likeness (QED) is 0.805. The summed E-state index contributed by atoms with van der Waals surface area (Å²) >= 11 is 0. The van der Waals surface area contributed by atoms with Gasteiger partial charge in [0.2, 0.25) is 0 Å². The van der Waals surface area contributed by atoms with E-state index in [1.54, 1.807) is 7.11 Å². The minimum absolute atomic E-state index is 0.211. The molecule has 1 aliphatic heterocycles. The second-order valence-electron chi connectivity index (χ2n) is 4.68. The number of nitrogens with one attached hydrogen (secondary N) is 2. The van der Waals surface area contributed by atoms with Crippen molar-refractivity contribution in [2.45, 2.75) is 18.4 Å². The molecule has 0 unspecified atom stereocenters. The van der Waals surface area contributed by atoms with E-state index in [-0.39, 0.29) is 5.97 Å². The Hall–Kier alpha value is -1.75. The van der Waals surface area contributed by atoms with Crippen LogP contribution in [-0.4, -0.2) is 38.8 Å². The Morgan fingerprint density at radius 3 is 2.68 bits per heavy atom. The van der Waals surface area contributed by atoms with Crippen LogP contribution in [-0.2, 0) is 9.53 Å². The van der Waals surface area contributed by atoms with Gasteiger partial charge in [-0.3, -0.25) is 0 Å². The lowest BCUT2D eigenvalue weighted by atomic mass is 9.88. The molecule has 0 amide bonds. The topological polar surface area (TPSA) is 59.6 Å². The molecule has 5 heteroatoms. The Balaban J connectivity index is 2.21. The van der Waals surface area contributed by atoms with Gasteiger partial charge in [0.25, 0.3) is 0 Å². The van der Waals surface area contributed by atoms with E-state index >= 15 is 0 Å². The number of hydrogen-bond donors (Lipinski definition) is 2. The molecule has 1 aromatic rings. The van der Waals surface area contributed by atoms with E-state index in [2.05, 4.69) is 10.6 Å². The highest BCUT2D eigenvalue weighted by Crippen LogP contribution is 2.27. The Labute approximate surface area is 113 Å². The van der Waals surface area contributed by atoms with Crippen molar-refractivity contribution in [3.8, 4) is 5.75 Å². The van der Waals surface area contributed by atoms with Gasteiger partial charge in [-0.15, -0.1) is 0 Å². The number of rotatable bonds is 4. The molecule has 1 heterocycles. The van der Waals surface area contributed by atoms with E-state index in [0.29, 0.717) is 12.8 Å². The van der Waals surface area contributed by atoms with Crippen molar-refractivity contribution in [1.82, 2.24) is 5.32 Å². The predicted octanol–water partition coefficient (Wildman–Crippen LogP) is 1.40. The number of ether oxygens (including phenoxy) is 2. The molecule has 0 aliphatic carbocycles. The molecule has 0 radical (unpaired) electrons. The summed E-state index contributed by atoms with van der Waals surface area (Å²) in [4.78, 5) is 12.1. The summed E-state index contributed by atoms with van der Waals surface area (Å²) in [7, 11) is 3.05. The molecule has 0 saturated carbocycles. The monoisotopic (exact) mass is 264 g/mol. The van der Waals surface area contributed by atoms with Crippen LogP contribution in [0.25, 0.3) is 0 Å². The number of carbonyl (C=O) groups is 1. The summed E-state index contributed by atoms with van der Waals surface area (Å²) in [6.45, 7) is 1.60. The average molecular weight is 264 g/mol. The molecule has 1 saturated heterocycles. The van der Waals surface area contributed by atoms with Crippen molar-refractivity contribution in [1.29, 1.82) is 0 Å². The minimum Gasteiger partial charge on any atom is -0.497 e. The SMILES string of the molecule is COC(=O)C1(Nc2cccc(OC)c2)CCNCC1. The number of anilines is 1. The first kappa shape index (κ1) is 13.7. The predicted molar refractivity (Wildman–Crippen MR) is 73.5 cm³/mol. The Bertz CT molecular complexity index is 442. The van der Waals surface area contributed by atoms with Crippen LogP contribution in [0.1, 0.15) is 12.8 Å². The number of benzene rings is 1. The fourth-order valence-electron chi connectivity index (χ4n) is 2.41. The van der Waals surface area contributed by atoms with Gasteiger partial charge in [-0.1, -0.05) is 6.07 Å². The maximum Gasteiger partial charge on any atom is 0.331 e. The molecule has 0 bridgehead atoms. The summed E-state index contributed by atoms with van der Waals surface area (Å²) in [6, 6.07) is 7.58. The molecule has 0 aromatic heterocycles. The molecule has 1 aliphatic rings. The van der Waals surface area contributed by atoms with Gasteiger partial charge in [-0.2, -0.15) is 0 Å². The molecule has 104 valence electrons. The van der Waals surface area contributed by atoms with Crippen LogP contribution >= 0.6 is 0 Å². The Kier molecular flexibility index (Phi) is 4.27. The van der Waals surface area contributed by atoms with Crippen LogP contribution in [0.4, 0.5) is 5.69 Å². The molecular formula is C14H20N2O3. The van der Waals surface area contributed by atoms with Gasteiger partial charge in [0.05, 0.1) is 14.2 Å². The van der Waals surface area contributed by atoms with E-state index in [9.17, 15) is 4.79 Å². The fourth-order valence-corrected chi connectivity index (χ4v) is 2.41. The lowest BCUT2D eigenvalue weighted by Crippen LogP contribution is -2.54. The van der Waals surface area contributed by atoms with Gasteiger partial charge in [0.15, 0.2) is 0 Å². The molecule has 19 heavy (non-hydrogen) atoms. The second kappa shape index (κ2) is 5.93. The van der Waals surface area contributed by atoms with Gasteiger partial charge in [0, 0.05) is 11.8 Å². The molecule has 1 fully saturated rings. The normalized spacial score (nSPS) is 17.6. The number of hydrogen-bond acceptors (Lipinski definition) is 5. The molecule has 0 atom stereocenters. The number of piperidine rings is 1. The maximum atomic E-state index is 12.1. The molecular weight excluding hydrogens is 244 g/mol. The Morgan fingerprint density at radius 2 is 2.05 bits per heavy atom. The fraction of sp³-hybridized carbons (Fsp3) is 0.500. The zero-order valence-electron chi connectivity index (χ0n) is 11.4. The summed E-state index contributed by atoms with van der Waals surface area (Å²) in [5.74, 6) is 0.552. The highest BCUT2D eigenvalue weighted by atomic mass is 16.5. The summed E-state index contributed by atoms with van der Waals surface area (Å²) in [5.41, 5.74) is 0.221. The molecule has 2 N–H and O–H groups in total. The van der Waals surface area contributed by atoms with Crippen molar-refractivity contribution in [2.24, 2.45) is 0 Å². The van der Waals surface area contributed by atoms with Crippen LogP contribution < -0.4 is 15.4 Å². The van der Waals surface area contributed by atoms with Gasteiger partial charge in [-0.05, 0) is 38.1 Å². The largest absolute Gasteiger partial charge is 0.497 e. The zero-order chi connectivity index (χ0) is 13.7. The highest BCUT2D eigenvalue weighted by molar-refractivity contribution is 5.84. The number of methoxy groups -OCH3 is 2. The molecule has 1 aromatic carbocycles. The van der Waals surface area contributed by atoms with Crippen molar-refractivity contribution in [2.75, 3.05) is 32.6 Å². The first-order valence-electron chi connectivity index (χ1n) is 6.41. The highest BCUT2D eigenvalue weighted by Gasteiger charge is 2.40. The lowest BCUT2D eigenvalue weighted by molar-refractivity contribution is -0.147. The van der Waals surface area contributed by atoms with E-state index in [4.69, 9.17) is 9.47 Å². The smallest absolute Gasteiger partial charge is 0.331 e. The number of esters is 1. The van der Waals surface area contributed by atoms with E-state index in [0.717, 1.165) is 24.5 Å². The van der Waals surface area contributed by atoms with Crippen molar-refractivity contribution in [3.05, 3.63) is 24.3 Å². The lowest BCUT2D eigenvalue weighted by Gasteiger charge is -2.36. The van der Waals surface area contributed by atoms with Crippen molar-refractivity contribution in [3.63, 3.8) is 0 Å². The average Bonchev–Trinajstić information content (AvgIpc) is 2.47. The third kappa shape index (κ3) is 2.98. The van der Waals surface area contributed by atoms with Crippen molar-refractivity contribution < 1.29 is 14.3 Å². The van der Waals surface area contributed by atoms with E-state index < -0.39 is 5.54 Å². The first-order valence-corrected chi connectivity index (χ1v) is 6.41. The van der Waals surface area contributed by atoms with E-state index in [1.165, 1.54) is 7.11 Å². The van der Waals surface area contributed by atoms with Gasteiger partial charge in [-0.25, -0.2) is 4.79 Å². The minimum atomic E-state index is -0.646. The van der Waals surface area contributed by atoms with Crippen LogP contribution in [0, 0.1) is 0 Å². The summed E-state index contributed by atoms with van der Waals surface area (Å²) in [6.07, 6.45) is 1.41. The van der Waals surface area contributed by atoms with Gasteiger partial charge >= 0.3 is 5.97 Å². The van der Waals surface area contributed by atoms with Crippen LogP contribution in [0.2, 0.25) is 0 Å². The third-order valence-corrected chi connectivity index (χ3v) is 3.49. The van der Waals surface area contributed by atoms with Crippen LogP contribution in [0.3, 0.4) is 0 Å². The van der Waals surface area contributed by atoms with Gasteiger partial charge < -0.3 is 20.1 Å². The standard InChI is InChI=1S/C14H20N2O3/c1-18-12-5-3-4-11(10-12)16-14(13(17)19-2)6-8-15-9-7-14/h3-5,10,15-16H,6-9H2,1-2H3. The maximum absolute atomic E-state index is 12.1. The van der Waals surface area contributed by atoms with Crippen LogP contribution in [0.15, 0.2) is 24.3 Å². The number of carbonyl (C=O) groups excluding carboxylic acids is 1.